The average molecular weight is 375 g/mol. The molecule has 0 aliphatic carbocycles. The van der Waals surface area contributed by atoms with Crippen molar-refractivity contribution in [3.8, 4) is 0 Å². The molecule has 1 saturated heterocycles. The number of benzene rings is 1. The van der Waals surface area contributed by atoms with Gasteiger partial charge in [0, 0.05) is 23.5 Å². The Morgan fingerprint density at radius 3 is 2.58 bits per heavy atom. The van der Waals surface area contributed by atoms with Crippen LogP contribution < -0.4 is 10.9 Å². The van der Waals surface area contributed by atoms with E-state index in [1.807, 2.05) is 13.8 Å². The topological polar surface area (TPSA) is 60.3 Å². The van der Waals surface area contributed by atoms with Crippen LogP contribution in [0.3, 0.4) is 0 Å². The molecule has 1 aliphatic heterocycles. The molecule has 1 aliphatic rings. The first-order chi connectivity index (χ1) is 12.4. The number of nitrogens with one attached hydrogen (secondary N) is 1. The number of hydrogen-bond donors (Lipinski definition) is 1. The molecule has 1 unspecified atom stereocenters. The van der Waals surface area contributed by atoms with E-state index < -0.39 is 5.91 Å². The summed E-state index contributed by atoms with van der Waals surface area (Å²) in [5.41, 5.74) is 2.93. The van der Waals surface area contributed by atoms with E-state index in [1.165, 1.54) is 0 Å². The SMILES string of the molecule is Cc1cc(Cl)cc(C)c1NC(=O)c1c(C)ccn(CC2CCCO2)c1=O. The van der Waals surface area contributed by atoms with Gasteiger partial charge >= 0.3 is 0 Å². The van der Waals surface area contributed by atoms with E-state index in [2.05, 4.69) is 5.32 Å². The lowest BCUT2D eigenvalue weighted by Gasteiger charge is -2.16. The van der Waals surface area contributed by atoms with Crippen LogP contribution in [-0.4, -0.2) is 23.2 Å². The molecule has 138 valence electrons. The van der Waals surface area contributed by atoms with Crippen molar-refractivity contribution < 1.29 is 9.53 Å². The Hall–Kier alpha value is -2.11. The summed E-state index contributed by atoms with van der Waals surface area (Å²) in [5.74, 6) is -0.400. The van der Waals surface area contributed by atoms with Crippen LogP contribution in [0.2, 0.25) is 5.02 Å². The molecule has 0 radical (unpaired) electrons. The number of rotatable bonds is 4. The summed E-state index contributed by atoms with van der Waals surface area (Å²) in [6.07, 6.45) is 3.71. The summed E-state index contributed by atoms with van der Waals surface area (Å²) in [5, 5.41) is 3.50. The van der Waals surface area contributed by atoms with Gasteiger partial charge in [-0.3, -0.25) is 9.59 Å². The molecule has 2 heterocycles. The number of anilines is 1. The van der Waals surface area contributed by atoms with Gasteiger partial charge in [0.15, 0.2) is 0 Å². The molecule has 6 heteroatoms. The fraction of sp³-hybridized carbons (Fsp3) is 0.400. The van der Waals surface area contributed by atoms with Crippen LogP contribution in [0.5, 0.6) is 0 Å². The highest BCUT2D eigenvalue weighted by Gasteiger charge is 2.21. The molecule has 0 bridgehead atoms. The smallest absolute Gasteiger partial charge is 0.263 e. The van der Waals surface area contributed by atoms with Crippen molar-refractivity contribution in [2.24, 2.45) is 0 Å². The summed E-state index contributed by atoms with van der Waals surface area (Å²) >= 11 is 6.05. The molecule has 26 heavy (non-hydrogen) atoms. The number of carbonyl (C=O) groups excluding carboxylic acids is 1. The fourth-order valence-electron chi connectivity index (χ4n) is 3.38. The molecule has 1 amide bonds. The highest BCUT2D eigenvalue weighted by molar-refractivity contribution is 6.30. The van der Waals surface area contributed by atoms with E-state index in [9.17, 15) is 9.59 Å². The van der Waals surface area contributed by atoms with Gasteiger partial charge in [-0.15, -0.1) is 0 Å². The van der Waals surface area contributed by atoms with Gasteiger partial charge < -0.3 is 14.6 Å². The van der Waals surface area contributed by atoms with E-state index in [1.54, 1.807) is 35.9 Å². The highest BCUT2D eigenvalue weighted by Crippen LogP contribution is 2.25. The van der Waals surface area contributed by atoms with Crippen molar-refractivity contribution in [1.82, 2.24) is 4.57 Å². The van der Waals surface area contributed by atoms with Crippen LogP contribution in [0, 0.1) is 20.8 Å². The van der Waals surface area contributed by atoms with E-state index >= 15 is 0 Å². The Balaban J connectivity index is 1.90. The summed E-state index contributed by atoms with van der Waals surface area (Å²) in [6, 6.07) is 5.38. The molecule has 1 N–H and O–H groups in total. The summed E-state index contributed by atoms with van der Waals surface area (Å²) in [7, 11) is 0. The van der Waals surface area contributed by atoms with Crippen molar-refractivity contribution in [3.05, 3.63) is 62.0 Å². The Labute approximate surface area is 157 Å². The number of aromatic nitrogens is 1. The van der Waals surface area contributed by atoms with Crippen LogP contribution in [0.1, 0.15) is 39.9 Å². The van der Waals surface area contributed by atoms with Crippen LogP contribution in [-0.2, 0) is 11.3 Å². The largest absolute Gasteiger partial charge is 0.376 e. The molecule has 1 fully saturated rings. The number of nitrogens with zero attached hydrogens (tertiary/aromatic N) is 1. The van der Waals surface area contributed by atoms with E-state index in [4.69, 9.17) is 16.3 Å². The normalized spacial score (nSPS) is 16.7. The third kappa shape index (κ3) is 3.84. The second kappa shape index (κ2) is 7.64. The minimum absolute atomic E-state index is 0.0343. The molecule has 1 aromatic heterocycles. The van der Waals surface area contributed by atoms with Crippen LogP contribution in [0.15, 0.2) is 29.2 Å². The number of amides is 1. The molecule has 3 rings (SSSR count). The second-order valence-electron chi connectivity index (χ2n) is 6.84. The number of carbonyl (C=O) groups is 1. The molecule has 5 nitrogen and oxygen atoms in total. The van der Waals surface area contributed by atoms with Gasteiger partial charge in [-0.2, -0.15) is 0 Å². The second-order valence-corrected chi connectivity index (χ2v) is 7.27. The van der Waals surface area contributed by atoms with E-state index in [-0.39, 0.29) is 17.2 Å². The average Bonchev–Trinajstić information content (AvgIpc) is 3.07. The van der Waals surface area contributed by atoms with Gasteiger partial charge in [0.2, 0.25) is 0 Å². The Morgan fingerprint density at radius 1 is 1.27 bits per heavy atom. The third-order valence-corrected chi connectivity index (χ3v) is 4.98. The van der Waals surface area contributed by atoms with E-state index in [0.29, 0.717) is 22.8 Å². The van der Waals surface area contributed by atoms with Crippen molar-refractivity contribution in [1.29, 1.82) is 0 Å². The Bertz CT molecular complexity index is 875. The first kappa shape index (κ1) is 18.7. The van der Waals surface area contributed by atoms with Gasteiger partial charge in [-0.25, -0.2) is 0 Å². The molecular weight excluding hydrogens is 352 g/mol. The highest BCUT2D eigenvalue weighted by atomic mass is 35.5. The molecule has 2 aromatic rings. The first-order valence-electron chi connectivity index (χ1n) is 8.76. The number of hydrogen-bond acceptors (Lipinski definition) is 3. The van der Waals surface area contributed by atoms with Crippen molar-refractivity contribution in [3.63, 3.8) is 0 Å². The van der Waals surface area contributed by atoms with Gasteiger partial charge in [-0.1, -0.05) is 11.6 Å². The molecule has 0 spiro atoms. The lowest BCUT2D eigenvalue weighted by atomic mass is 10.1. The zero-order chi connectivity index (χ0) is 18.8. The lowest BCUT2D eigenvalue weighted by molar-refractivity contribution is 0.0952. The maximum Gasteiger partial charge on any atom is 0.263 e. The summed E-state index contributed by atoms with van der Waals surface area (Å²) < 4.78 is 7.18. The molecule has 1 aromatic carbocycles. The van der Waals surface area contributed by atoms with Crippen LogP contribution in [0.4, 0.5) is 5.69 Å². The van der Waals surface area contributed by atoms with Crippen molar-refractivity contribution in [2.45, 2.75) is 46.3 Å². The Kier molecular flexibility index (Phi) is 5.49. The molecule has 1 atom stereocenters. The minimum atomic E-state index is -0.400. The van der Waals surface area contributed by atoms with Crippen molar-refractivity contribution >= 4 is 23.2 Å². The zero-order valence-electron chi connectivity index (χ0n) is 15.3. The molecule has 0 saturated carbocycles. The number of pyridine rings is 1. The number of halogens is 1. The predicted octanol–water partition coefficient (Wildman–Crippen LogP) is 3.86. The number of aryl methyl sites for hydroxylation is 3. The zero-order valence-corrected chi connectivity index (χ0v) is 16.0. The van der Waals surface area contributed by atoms with Gasteiger partial charge in [0.05, 0.1) is 12.6 Å². The number of ether oxygens (including phenoxy) is 1. The lowest BCUT2D eigenvalue weighted by Crippen LogP contribution is -2.33. The quantitative estimate of drug-likeness (QED) is 0.884. The van der Waals surface area contributed by atoms with Gasteiger partial charge in [0.1, 0.15) is 5.56 Å². The van der Waals surface area contributed by atoms with Crippen molar-refractivity contribution in [2.75, 3.05) is 11.9 Å². The maximum atomic E-state index is 12.9. The maximum absolute atomic E-state index is 12.9. The minimum Gasteiger partial charge on any atom is -0.376 e. The van der Waals surface area contributed by atoms with E-state index in [0.717, 1.165) is 30.6 Å². The van der Waals surface area contributed by atoms with Crippen LogP contribution >= 0.6 is 11.6 Å². The summed E-state index contributed by atoms with van der Waals surface area (Å²) in [6.45, 7) is 6.73. The Morgan fingerprint density at radius 2 is 1.96 bits per heavy atom. The first-order valence-corrected chi connectivity index (χ1v) is 9.14. The standard InChI is InChI=1S/C20H23ClN2O3/c1-12-6-7-23(11-16-5-4-8-26-16)20(25)17(12)19(24)22-18-13(2)9-15(21)10-14(18)3/h6-7,9-10,16H,4-5,8,11H2,1-3H3,(H,22,24). The fourth-order valence-corrected chi connectivity index (χ4v) is 3.70. The molecular formula is C20H23ClN2O3. The van der Waals surface area contributed by atoms with Gasteiger partial charge in [-0.05, 0) is 68.5 Å². The van der Waals surface area contributed by atoms with Gasteiger partial charge in [0.25, 0.3) is 11.5 Å². The van der Waals surface area contributed by atoms with Crippen LogP contribution in [0.25, 0.3) is 0 Å². The summed E-state index contributed by atoms with van der Waals surface area (Å²) in [4.78, 5) is 25.7. The third-order valence-electron chi connectivity index (χ3n) is 4.76. The monoisotopic (exact) mass is 374 g/mol. The predicted molar refractivity (Wildman–Crippen MR) is 103 cm³/mol.